The van der Waals surface area contributed by atoms with Gasteiger partial charge in [-0.25, -0.2) is 0 Å². The Labute approximate surface area is 156 Å². The van der Waals surface area contributed by atoms with Gasteiger partial charge in [0.15, 0.2) is 0 Å². The number of aromatic nitrogens is 3. The molecule has 27 heavy (non-hydrogen) atoms. The molecule has 0 spiro atoms. The summed E-state index contributed by atoms with van der Waals surface area (Å²) in [6.07, 6.45) is 6.91. The highest BCUT2D eigenvalue weighted by Crippen LogP contribution is 2.64. The van der Waals surface area contributed by atoms with Crippen molar-refractivity contribution in [2.24, 2.45) is 17.3 Å². The first-order valence-electron chi connectivity index (χ1n) is 9.41. The van der Waals surface area contributed by atoms with Crippen molar-refractivity contribution in [3.8, 4) is 0 Å². The summed E-state index contributed by atoms with van der Waals surface area (Å²) in [5, 5.41) is 18.3. The second-order valence-corrected chi connectivity index (χ2v) is 8.53. The van der Waals surface area contributed by atoms with E-state index in [1.165, 1.54) is 6.33 Å². The van der Waals surface area contributed by atoms with Crippen LogP contribution in [0.4, 0.5) is 11.6 Å². The van der Waals surface area contributed by atoms with Gasteiger partial charge in [-0.2, -0.15) is 4.68 Å². The average Bonchev–Trinajstić information content (AvgIpc) is 3.13. The number of nitrogens with one attached hydrogen (secondary N) is 1. The van der Waals surface area contributed by atoms with Crippen LogP contribution in [0.3, 0.4) is 0 Å². The van der Waals surface area contributed by atoms with Gasteiger partial charge in [0.25, 0.3) is 0 Å². The predicted octanol–water partition coefficient (Wildman–Crippen LogP) is 3.12. The zero-order valence-corrected chi connectivity index (χ0v) is 14.9. The number of carbonyl (C=O) groups excluding carboxylic acids is 1. The minimum Gasteiger partial charge on any atom is -0.390 e. The lowest BCUT2D eigenvalue weighted by Gasteiger charge is -2.60. The molecule has 4 saturated carbocycles. The normalized spacial score (nSPS) is 33.8. The van der Waals surface area contributed by atoms with E-state index in [4.69, 9.17) is 0 Å². The molecule has 4 fully saturated rings. The molecular weight excluding hydrogens is 346 g/mol. The summed E-state index contributed by atoms with van der Waals surface area (Å²) < 4.78 is 1.69. The van der Waals surface area contributed by atoms with Gasteiger partial charge in [0.1, 0.15) is 0 Å². The number of hydrogen-bond donors (Lipinski definition) is 1. The van der Waals surface area contributed by atoms with Crippen LogP contribution in [0.1, 0.15) is 38.5 Å². The Morgan fingerprint density at radius 2 is 1.89 bits per heavy atom. The molecule has 4 bridgehead atoms. The zero-order valence-electron chi connectivity index (χ0n) is 14.9. The summed E-state index contributed by atoms with van der Waals surface area (Å²) in [5.41, 5.74) is 0.0451. The van der Waals surface area contributed by atoms with E-state index in [0.717, 1.165) is 37.8 Å². The van der Waals surface area contributed by atoms with E-state index >= 15 is 0 Å². The maximum atomic E-state index is 13.3. The lowest BCUT2D eigenvalue weighted by Crippen LogP contribution is -2.60. The molecule has 1 aromatic carbocycles. The van der Waals surface area contributed by atoms with Crippen molar-refractivity contribution in [1.29, 1.82) is 0 Å². The zero-order chi connectivity index (χ0) is 18.6. The Kier molecular flexibility index (Phi) is 3.41. The number of hydrogen-bond acceptors (Lipinski definition) is 5. The number of nitro groups is 1. The second-order valence-electron chi connectivity index (χ2n) is 8.53. The number of anilines is 1. The van der Waals surface area contributed by atoms with E-state index in [-0.39, 0.29) is 17.4 Å². The largest absolute Gasteiger partial charge is 0.490 e. The maximum Gasteiger partial charge on any atom is 0.490 e. The van der Waals surface area contributed by atoms with Crippen molar-refractivity contribution < 1.29 is 9.72 Å². The standard InChI is InChI=1S/C19H21N5O3/c25-16(21-15-4-2-1-3-5-15)18-7-13-6-14(8-18)10-19(9-13,11-18)23-12-20-17(22-23)24(26)27/h1-5,12-14H,6-11H2,(H,21,25)/t13-,14-,18?,19?/m1/s1. The highest BCUT2D eigenvalue weighted by atomic mass is 16.6. The number of benzene rings is 1. The quantitative estimate of drug-likeness (QED) is 0.660. The smallest absolute Gasteiger partial charge is 0.390 e. The van der Waals surface area contributed by atoms with Gasteiger partial charge in [0.05, 0.1) is 11.0 Å². The van der Waals surface area contributed by atoms with Gasteiger partial charge in [-0.1, -0.05) is 23.2 Å². The third-order valence-corrected chi connectivity index (χ3v) is 6.67. The summed E-state index contributed by atoms with van der Waals surface area (Å²) >= 11 is 0. The first-order valence-corrected chi connectivity index (χ1v) is 9.41. The van der Waals surface area contributed by atoms with Gasteiger partial charge < -0.3 is 15.4 Å². The van der Waals surface area contributed by atoms with E-state index in [1.807, 2.05) is 30.3 Å². The summed E-state index contributed by atoms with van der Waals surface area (Å²) in [5.74, 6) is 0.613. The van der Waals surface area contributed by atoms with Crippen molar-refractivity contribution in [2.45, 2.75) is 44.1 Å². The van der Waals surface area contributed by atoms with Crippen LogP contribution in [0.25, 0.3) is 0 Å². The van der Waals surface area contributed by atoms with Crippen molar-refractivity contribution >= 4 is 17.5 Å². The Balaban J connectivity index is 1.48. The molecule has 1 aromatic heterocycles. The second kappa shape index (κ2) is 5.61. The summed E-state index contributed by atoms with van der Waals surface area (Å²) in [6, 6.07) is 9.54. The van der Waals surface area contributed by atoms with Crippen LogP contribution >= 0.6 is 0 Å². The highest BCUT2D eigenvalue weighted by molar-refractivity contribution is 5.95. The van der Waals surface area contributed by atoms with Crippen LogP contribution < -0.4 is 5.32 Å². The average molecular weight is 367 g/mol. The Hall–Kier alpha value is -2.77. The maximum absolute atomic E-state index is 13.3. The molecule has 140 valence electrons. The number of amides is 1. The molecule has 4 aliphatic carbocycles. The summed E-state index contributed by atoms with van der Waals surface area (Å²) in [4.78, 5) is 27.6. The molecule has 1 heterocycles. The van der Waals surface area contributed by atoms with Crippen LogP contribution in [0.2, 0.25) is 0 Å². The summed E-state index contributed by atoms with van der Waals surface area (Å²) in [7, 11) is 0. The molecule has 8 heteroatoms. The number of nitrogens with zero attached hydrogens (tertiary/aromatic N) is 4. The van der Waals surface area contributed by atoms with Gasteiger partial charge in [0.2, 0.25) is 12.2 Å². The van der Waals surface area contributed by atoms with Gasteiger partial charge in [-0.15, -0.1) is 0 Å². The first kappa shape index (κ1) is 16.4. The van der Waals surface area contributed by atoms with Crippen LogP contribution in [-0.4, -0.2) is 25.6 Å². The van der Waals surface area contributed by atoms with Crippen LogP contribution in [-0.2, 0) is 10.3 Å². The van der Waals surface area contributed by atoms with E-state index in [0.29, 0.717) is 18.3 Å². The van der Waals surface area contributed by atoms with E-state index < -0.39 is 10.3 Å². The first-order chi connectivity index (χ1) is 13.0. The van der Waals surface area contributed by atoms with Crippen molar-refractivity contribution in [3.63, 3.8) is 0 Å². The van der Waals surface area contributed by atoms with Gasteiger partial charge in [-0.05, 0) is 67.4 Å². The van der Waals surface area contributed by atoms with Crippen molar-refractivity contribution in [2.75, 3.05) is 5.32 Å². The topological polar surface area (TPSA) is 103 Å². The Bertz CT molecular complexity index is 895. The third kappa shape index (κ3) is 2.54. The molecule has 2 atom stereocenters. The molecule has 1 N–H and O–H groups in total. The number of para-hydroxylation sites is 1. The Morgan fingerprint density at radius 3 is 2.52 bits per heavy atom. The third-order valence-electron chi connectivity index (χ3n) is 6.67. The molecule has 0 aliphatic heterocycles. The van der Waals surface area contributed by atoms with Gasteiger partial charge in [0, 0.05) is 10.8 Å². The van der Waals surface area contributed by atoms with Crippen LogP contribution in [0, 0.1) is 27.4 Å². The van der Waals surface area contributed by atoms with Crippen molar-refractivity contribution in [1.82, 2.24) is 14.8 Å². The molecule has 2 aromatic rings. The SMILES string of the molecule is O=C(Nc1ccccc1)C12C[C@H]3C[C@H](C1)CC(n1cnc([N+](=O)[O-])n1)(C3)C2. The van der Waals surface area contributed by atoms with Crippen LogP contribution in [0.5, 0.6) is 0 Å². The summed E-state index contributed by atoms with van der Waals surface area (Å²) in [6.45, 7) is 0. The molecule has 8 nitrogen and oxygen atoms in total. The monoisotopic (exact) mass is 367 g/mol. The molecular formula is C19H21N5O3. The number of rotatable bonds is 4. The fraction of sp³-hybridized carbons (Fsp3) is 0.526. The minimum absolute atomic E-state index is 0.0711. The highest BCUT2D eigenvalue weighted by Gasteiger charge is 2.62. The van der Waals surface area contributed by atoms with E-state index in [9.17, 15) is 14.9 Å². The van der Waals surface area contributed by atoms with Crippen molar-refractivity contribution in [3.05, 3.63) is 46.8 Å². The van der Waals surface area contributed by atoms with E-state index in [1.54, 1.807) is 4.68 Å². The molecule has 0 saturated heterocycles. The lowest BCUT2D eigenvalue weighted by atomic mass is 9.46. The Morgan fingerprint density at radius 1 is 1.19 bits per heavy atom. The lowest BCUT2D eigenvalue weighted by molar-refractivity contribution is -0.394. The minimum atomic E-state index is -0.561. The van der Waals surface area contributed by atoms with Gasteiger partial charge in [-0.3, -0.25) is 4.79 Å². The fourth-order valence-electron chi connectivity index (χ4n) is 6.10. The molecule has 0 radical (unpaired) electrons. The molecule has 1 amide bonds. The molecule has 6 rings (SSSR count). The molecule has 4 aliphatic rings. The van der Waals surface area contributed by atoms with Crippen LogP contribution in [0.15, 0.2) is 36.7 Å². The predicted molar refractivity (Wildman–Crippen MR) is 96.8 cm³/mol. The molecule has 0 unspecified atom stereocenters. The number of carbonyl (C=O) groups is 1. The van der Waals surface area contributed by atoms with E-state index in [2.05, 4.69) is 15.4 Å². The fourth-order valence-corrected chi connectivity index (χ4v) is 6.10. The van der Waals surface area contributed by atoms with Gasteiger partial charge >= 0.3 is 5.95 Å².